The molecule has 154 valence electrons. The molecule has 0 bridgehead atoms. The van der Waals surface area contributed by atoms with Gasteiger partial charge in [0, 0.05) is 46.0 Å². The third-order valence-electron chi connectivity index (χ3n) is 5.46. The molecule has 2 aliphatic heterocycles. The van der Waals surface area contributed by atoms with Crippen molar-refractivity contribution < 1.29 is 9.90 Å². The van der Waals surface area contributed by atoms with Gasteiger partial charge in [0.25, 0.3) is 0 Å². The monoisotopic (exact) mass is 398 g/mol. The largest absolute Gasteiger partial charge is 0.374 e. The van der Waals surface area contributed by atoms with E-state index in [-0.39, 0.29) is 11.9 Å². The van der Waals surface area contributed by atoms with E-state index in [1.165, 1.54) is 6.08 Å². The molecule has 1 saturated heterocycles. The topological polar surface area (TPSA) is 111 Å². The molecule has 4 rings (SSSR count). The van der Waals surface area contributed by atoms with Crippen molar-refractivity contribution in [2.45, 2.75) is 31.7 Å². The Hall–Kier alpha value is -2.98. The second kappa shape index (κ2) is 7.80. The lowest BCUT2D eigenvalue weighted by Gasteiger charge is -2.37. The second-order valence-corrected chi connectivity index (χ2v) is 7.44. The van der Waals surface area contributed by atoms with Crippen molar-refractivity contribution in [1.82, 2.24) is 30.0 Å². The number of hydrogen-bond donors (Lipinski definition) is 3. The molecule has 0 aromatic carbocycles. The zero-order valence-corrected chi connectivity index (χ0v) is 16.7. The number of piperidine rings is 1. The van der Waals surface area contributed by atoms with Gasteiger partial charge in [-0.1, -0.05) is 6.58 Å². The maximum Gasteiger partial charge on any atom is 0.246 e. The van der Waals surface area contributed by atoms with Crippen molar-refractivity contribution in [1.29, 1.82) is 0 Å². The van der Waals surface area contributed by atoms with Crippen LogP contribution in [-0.4, -0.2) is 61.8 Å². The summed E-state index contributed by atoms with van der Waals surface area (Å²) in [5, 5.41) is 20.7. The van der Waals surface area contributed by atoms with Crippen LogP contribution in [0.15, 0.2) is 25.0 Å². The molecule has 2 aliphatic rings. The maximum absolute atomic E-state index is 12.0. The maximum atomic E-state index is 12.0. The number of anilines is 3. The number of likely N-dealkylation sites (N-methyl/N-ethyl adjacent to an activating group) is 1. The minimum Gasteiger partial charge on any atom is -0.374 e. The molecule has 10 heteroatoms. The fourth-order valence-corrected chi connectivity index (χ4v) is 3.86. The highest BCUT2D eigenvalue weighted by atomic mass is 16.3. The SMILES string of the molecule is C=CC(=O)N1CCCC(N(C)c2nc3c(c(Nc4cnn(C)c4)n2)C(O)NC3)C1. The number of nitrogens with one attached hydrogen (secondary N) is 2. The van der Waals surface area contributed by atoms with Crippen LogP contribution in [0.2, 0.25) is 0 Å². The highest BCUT2D eigenvalue weighted by Crippen LogP contribution is 2.32. The molecule has 29 heavy (non-hydrogen) atoms. The highest BCUT2D eigenvalue weighted by molar-refractivity contribution is 5.87. The van der Waals surface area contributed by atoms with E-state index < -0.39 is 6.23 Å². The number of aliphatic hydroxyl groups excluding tert-OH is 1. The van der Waals surface area contributed by atoms with Gasteiger partial charge in [0.05, 0.1) is 23.1 Å². The average Bonchev–Trinajstić information content (AvgIpc) is 3.32. The molecular formula is C19H26N8O2. The van der Waals surface area contributed by atoms with Crippen molar-refractivity contribution in [2.75, 3.05) is 30.4 Å². The molecule has 1 fully saturated rings. The summed E-state index contributed by atoms with van der Waals surface area (Å²) >= 11 is 0. The molecule has 0 spiro atoms. The molecule has 2 unspecified atom stereocenters. The fraction of sp³-hybridized carbons (Fsp3) is 0.474. The molecule has 0 aliphatic carbocycles. The van der Waals surface area contributed by atoms with E-state index in [0.717, 1.165) is 30.8 Å². The molecule has 4 heterocycles. The standard InChI is InChI=1S/C19H26N8O2/c1-4-15(28)27-7-5-6-13(11-27)26(3)19-23-14-9-20-18(29)16(14)17(24-19)22-12-8-21-25(2)10-12/h4,8,10,13,18,20,29H,1,5-7,9,11H2,2-3H3,(H,22,23,24). The van der Waals surface area contributed by atoms with Gasteiger partial charge in [-0.2, -0.15) is 10.1 Å². The molecule has 2 aromatic heterocycles. The van der Waals surface area contributed by atoms with E-state index in [4.69, 9.17) is 4.98 Å². The van der Waals surface area contributed by atoms with Crippen LogP contribution >= 0.6 is 0 Å². The average molecular weight is 398 g/mol. The first-order valence-corrected chi connectivity index (χ1v) is 9.68. The Morgan fingerprint density at radius 3 is 3.03 bits per heavy atom. The van der Waals surface area contributed by atoms with Gasteiger partial charge in [-0.15, -0.1) is 0 Å². The number of aliphatic hydroxyl groups is 1. The summed E-state index contributed by atoms with van der Waals surface area (Å²) in [6.07, 6.45) is 5.94. The third-order valence-corrected chi connectivity index (χ3v) is 5.46. The summed E-state index contributed by atoms with van der Waals surface area (Å²) in [7, 11) is 3.78. The van der Waals surface area contributed by atoms with E-state index >= 15 is 0 Å². The first-order chi connectivity index (χ1) is 14.0. The van der Waals surface area contributed by atoms with E-state index in [1.54, 1.807) is 10.9 Å². The quantitative estimate of drug-likeness (QED) is 0.630. The molecule has 1 amide bonds. The zero-order chi connectivity index (χ0) is 20.5. The summed E-state index contributed by atoms with van der Waals surface area (Å²) in [5.74, 6) is 1.06. The van der Waals surface area contributed by atoms with Gasteiger partial charge in [0.1, 0.15) is 12.0 Å². The Balaban J connectivity index is 1.62. The van der Waals surface area contributed by atoms with Crippen molar-refractivity contribution in [3.8, 4) is 0 Å². The van der Waals surface area contributed by atoms with Gasteiger partial charge in [0.2, 0.25) is 11.9 Å². The third kappa shape index (κ3) is 3.81. The summed E-state index contributed by atoms with van der Waals surface area (Å²) in [4.78, 5) is 25.2. The van der Waals surface area contributed by atoms with Crippen LogP contribution in [0, 0.1) is 0 Å². The summed E-state index contributed by atoms with van der Waals surface area (Å²) in [6.45, 7) is 5.40. The van der Waals surface area contributed by atoms with Crippen LogP contribution in [0.3, 0.4) is 0 Å². The molecule has 10 nitrogen and oxygen atoms in total. The van der Waals surface area contributed by atoms with E-state index in [2.05, 4.69) is 27.3 Å². The molecule has 3 N–H and O–H groups in total. The minimum absolute atomic E-state index is 0.0516. The number of fused-ring (bicyclic) bond motifs is 1. The lowest BCUT2D eigenvalue weighted by molar-refractivity contribution is -0.127. The van der Waals surface area contributed by atoms with Crippen molar-refractivity contribution in [2.24, 2.45) is 7.05 Å². The van der Waals surface area contributed by atoms with E-state index in [0.29, 0.717) is 30.4 Å². The number of rotatable bonds is 5. The zero-order valence-electron chi connectivity index (χ0n) is 16.7. The number of amides is 1. The number of nitrogens with zero attached hydrogens (tertiary/aromatic N) is 6. The Labute approximate surface area is 169 Å². The smallest absolute Gasteiger partial charge is 0.246 e. The fourth-order valence-electron chi connectivity index (χ4n) is 3.86. The van der Waals surface area contributed by atoms with Gasteiger partial charge in [-0.3, -0.25) is 14.8 Å². The predicted molar refractivity (Wildman–Crippen MR) is 109 cm³/mol. The highest BCUT2D eigenvalue weighted by Gasteiger charge is 2.31. The van der Waals surface area contributed by atoms with Crippen LogP contribution in [0.25, 0.3) is 0 Å². The molecule has 0 saturated carbocycles. The Kier molecular flexibility index (Phi) is 5.20. The number of likely N-dealkylation sites (tertiary alicyclic amines) is 1. The van der Waals surface area contributed by atoms with E-state index in [1.807, 2.05) is 30.1 Å². The molecular weight excluding hydrogens is 372 g/mol. The normalized spacial score (nSPS) is 21.0. The lowest BCUT2D eigenvalue weighted by atomic mass is 10.0. The van der Waals surface area contributed by atoms with Crippen molar-refractivity contribution in [3.05, 3.63) is 36.3 Å². The summed E-state index contributed by atoms with van der Waals surface area (Å²) < 4.78 is 1.69. The van der Waals surface area contributed by atoms with Crippen LogP contribution in [0.5, 0.6) is 0 Å². The summed E-state index contributed by atoms with van der Waals surface area (Å²) in [6, 6.07) is 0.108. The number of aromatic nitrogens is 4. The number of aryl methyl sites for hydroxylation is 1. The van der Waals surface area contributed by atoms with Gasteiger partial charge in [0.15, 0.2) is 0 Å². The van der Waals surface area contributed by atoms with Gasteiger partial charge < -0.3 is 20.2 Å². The van der Waals surface area contributed by atoms with E-state index in [9.17, 15) is 9.90 Å². The summed E-state index contributed by atoms with van der Waals surface area (Å²) in [5.41, 5.74) is 2.19. The number of hydrogen-bond acceptors (Lipinski definition) is 8. The number of carbonyl (C=O) groups excluding carboxylic acids is 1. The Morgan fingerprint density at radius 1 is 1.48 bits per heavy atom. The van der Waals surface area contributed by atoms with Crippen LogP contribution < -0.4 is 15.5 Å². The van der Waals surface area contributed by atoms with Gasteiger partial charge >= 0.3 is 0 Å². The van der Waals surface area contributed by atoms with Gasteiger partial charge in [-0.25, -0.2) is 4.98 Å². The van der Waals surface area contributed by atoms with Crippen molar-refractivity contribution >= 4 is 23.4 Å². The Morgan fingerprint density at radius 2 is 2.31 bits per heavy atom. The Bertz CT molecular complexity index is 927. The van der Waals surface area contributed by atoms with Crippen LogP contribution in [0.4, 0.5) is 17.5 Å². The second-order valence-electron chi connectivity index (χ2n) is 7.44. The van der Waals surface area contributed by atoms with Crippen LogP contribution in [-0.2, 0) is 18.4 Å². The lowest BCUT2D eigenvalue weighted by Crippen LogP contribution is -2.48. The van der Waals surface area contributed by atoms with Gasteiger partial charge in [-0.05, 0) is 18.9 Å². The molecule has 0 radical (unpaired) electrons. The molecule has 2 aromatic rings. The van der Waals surface area contributed by atoms with Crippen LogP contribution in [0.1, 0.15) is 30.3 Å². The first kappa shape index (κ1) is 19.3. The predicted octanol–water partition coefficient (Wildman–Crippen LogP) is 0.661. The number of carbonyl (C=O) groups is 1. The first-order valence-electron chi connectivity index (χ1n) is 9.68. The van der Waals surface area contributed by atoms with Crippen molar-refractivity contribution in [3.63, 3.8) is 0 Å². The molecule has 2 atom stereocenters. The minimum atomic E-state index is -0.820.